The van der Waals surface area contributed by atoms with Crippen LogP contribution in [-0.2, 0) is 14.3 Å². The molecule has 0 radical (unpaired) electrons. The Balaban J connectivity index is 2.61. The quantitative estimate of drug-likeness (QED) is 0.591. The lowest BCUT2D eigenvalue weighted by molar-refractivity contribution is -0.151. The Kier molecular flexibility index (Phi) is 3.06. The minimum atomic E-state index is -0.447. The monoisotopic (exact) mass is 183 g/mol. The molecule has 0 N–H and O–H groups in total. The zero-order valence-corrected chi connectivity index (χ0v) is 7.82. The Labute approximate surface area is 77.2 Å². The Bertz CT molecular complexity index is 247. The molecule has 1 aliphatic heterocycles. The molecule has 0 aromatic carbocycles. The number of hydrogen-bond donors (Lipinski definition) is 0. The SMILES string of the molecule is CCOC(=O)[C@H]1CC=CN1C(C)=O. The Morgan fingerprint density at radius 1 is 1.62 bits per heavy atom. The van der Waals surface area contributed by atoms with E-state index < -0.39 is 6.04 Å². The number of amides is 1. The molecule has 4 heteroatoms. The van der Waals surface area contributed by atoms with Crippen LogP contribution in [0, 0.1) is 0 Å². The molecule has 0 bridgehead atoms. The molecule has 1 amide bonds. The van der Waals surface area contributed by atoms with Crippen molar-refractivity contribution in [2.75, 3.05) is 6.61 Å². The fraction of sp³-hybridized carbons (Fsp3) is 0.556. The van der Waals surface area contributed by atoms with Gasteiger partial charge in [-0.25, -0.2) is 4.79 Å². The summed E-state index contributed by atoms with van der Waals surface area (Å²) < 4.78 is 4.83. The van der Waals surface area contributed by atoms with Gasteiger partial charge in [0.05, 0.1) is 6.61 Å². The predicted molar refractivity (Wildman–Crippen MR) is 46.7 cm³/mol. The summed E-state index contributed by atoms with van der Waals surface area (Å²) in [4.78, 5) is 23.7. The molecular formula is C9H13NO3. The van der Waals surface area contributed by atoms with Crippen LogP contribution < -0.4 is 0 Å². The smallest absolute Gasteiger partial charge is 0.329 e. The van der Waals surface area contributed by atoms with Gasteiger partial charge in [0.15, 0.2) is 0 Å². The van der Waals surface area contributed by atoms with Crippen LogP contribution in [0.25, 0.3) is 0 Å². The van der Waals surface area contributed by atoms with Gasteiger partial charge in [-0.05, 0) is 13.3 Å². The molecular weight excluding hydrogens is 170 g/mol. The second-order valence-electron chi connectivity index (χ2n) is 2.81. The van der Waals surface area contributed by atoms with Gasteiger partial charge in [0.2, 0.25) is 5.91 Å². The molecule has 0 aromatic rings. The molecule has 1 atom stereocenters. The zero-order valence-electron chi connectivity index (χ0n) is 7.82. The first-order valence-corrected chi connectivity index (χ1v) is 4.29. The molecule has 0 aliphatic carbocycles. The van der Waals surface area contributed by atoms with Crippen molar-refractivity contribution in [1.82, 2.24) is 4.90 Å². The van der Waals surface area contributed by atoms with E-state index in [4.69, 9.17) is 4.74 Å². The van der Waals surface area contributed by atoms with Gasteiger partial charge >= 0.3 is 5.97 Å². The first-order valence-electron chi connectivity index (χ1n) is 4.29. The summed E-state index contributed by atoms with van der Waals surface area (Å²) in [6.07, 6.45) is 3.98. The van der Waals surface area contributed by atoms with Gasteiger partial charge in [0.1, 0.15) is 6.04 Å². The van der Waals surface area contributed by atoms with Crippen LogP contribution >= 0.6 is 0 Å². The summed E-state index contributed by atoms with van der Waals surface area (Å²) in [6, 6.07) is -0.447. The van der Waals surface area contributed by atoms with Gasteiger partial charge in [0.25, 0.3) is 0 Å². The molecule has 0 saturated heterocycles. The third-order valence-corrected chi connectivity index (χ3v) is 1.88. The summed E-state index contributed by atoms with van der Waals surface area (Å²) in [5, 5.41) is 0. The number of esters is 1. The largest absolute Gasteiger partial charge is 0.464 e. The average Bonchev–Trinajstić information content (AvgIpc) is 2.52. The van der Waals surface area contributed by atoms with Crippen molar-refractivity contribution in [2.24, 2.45) is 0 Å². The van der Waals surface area contributed by atoms with Gasteiger partial charge in [-0.15, -0.1) is 0 Å². The number of rotatable bonds is 2. The molecule has 72 valence electrons. The topological polar surface area (TPSA) is 46.6 Å². The van der Waals surface area contributed by atoms with E-state index >= 15 is 0 Å². The lowest BCUT2D eigenvalue weighted by atomic mass is 10.2. The van der Waals surface area contributed by atoms with Crippen molar-refractivity contribution >= 4 is 11.9 Å². The highest BCUT2D eigenvalue weighted by molar-refractivity contribution is 5.85. The normalized spacial score (nSPS) is 20.5. The van der Waals surface area contributed by atoms with E-state index in [1.165, 1.54) is 11.8 Å². The Morgan fingerprint density at radius 3 is 2.85 bits per heavy atom. The molecule has 1 aliphatic rings. The second kappa shape index (κ2) is 4.07. The maximum Gasteiger partial charge on any atom is 0.329 e. The molecule has 0 unspecified atom stereocenters. The summed E-state index contributed by atoms with van der Waals surface area (Å²) in [7, 11) is 0. The number of nitrogens with zero attached hydrogens (tertiary/aromatic N) is 1. The minimum absolute atomic E-state index is 0.133. The molecule has 13 heavy (non-hydrogen) atoms. The molecule has 0 saturated carbocycles. The zero-order chi connectivity index (χ0) is 9.84. The first-order chi connectivity index (χ1) is 6.16. The third kappa shape index (κ3) is 2.08. The van der Waals surface area contributed by atoms with Crippen molar-refractivity contribution in [3.63, 3.8) is 0 Å². The van der Waals surface area contributed by atoms with Crippen LogP contribution in [0.4, 0.5) is 0 Å². The lowest BCUT2D eigenvalue weighted by Crippen LogP contribution is -2.38. The Hall–Kier alpha value is -1.32. The van der Waals surface area contributed by atoms with E-state index in [0.29, 0.717) is 13.0 Å². The number of carbonyl (C=O) groups excluding carboxylic acids is 2. The highest BCUT2D eigenvalue weighted by Crippen LogP contribution is 2.15. The van der Waals surface area contributed by atoms with Crippen molar-refractivity contribution in [1.29, 1.82) is 0 Å². The summed E-state index contributed by atoms with van der Waals surface area (Å²) in [5.74, 6) is -0.463. The first kappa shape index (κ1) is 9.77. The van der Waals surface area contributed by atoms with E-state index in [9.17, 15) is 9.59 Å². The van der Waals surface area contributed by atoms with Crippen LogP contribution in [0.2, 0.25) is 0 Å². The van der Waals surface area contributed by atoms with E-state index in [2.05, 4.69) is 0 Å². The maximum atomic E-state index is 11.3. The van der Waals surface area contributed by atoms with Crippen LogP contribution in [0.1, 0.15) is 20.3 Å². The van der Waals surface area contributed by atoms with E-state index in [-0.39, 0.29) is 11.9 Å². The number of ether oxygens (including phenoxy) is 1. The van der Waals surface area contributed by atoms with Crippen molar-refractivity contribution < 1.29 is 14.3 Å². The summed E-state index contributed by atoms with van der Waals surface area (Å²) in [5.41, 5.74) is 0. The highest BCUT2D eigenvalue weighted by Gasteiger charge is 2.29. The van der Waals surface area contributed by atoms with Gasteiger partial charge in [-0.3, -0.25) is 4.79 Å². The predicted octanol–water partition coefficient (Wildman–Crippen LogP) is 0.684. The van der Waals surface area contributed by atoms with Gasteiger partial charge in [-0.1, -0.05) is 6.08 Å². The van der Waals surface area contributed by atoms with Gasteiger partial charge < -0.3 is 9.64 Å². The van der Waals surface area contributed by atoms with Crippen LogP contribution in [0.15, 0.2) is 12.3 Å². The summed E-state index contributed by atoms with van der Waals surface area (Å²) >= 11 is 0. The van der Waals surface area contributed by atoms with E-state index in [1.807, 2.05) is 0 Å². The molecule has 4 nitrogen and oxygen atoms in total. The van der Waals surface area contributed by atoms with Crippen LogP contribution in [0.3, 0.4) is 0 Å². The van der Waals surface area contributed by atoms with Gasteiger partial charge in [0, 0.05) is 13.1 Å². The average molecular weight is 183 g/mol. The van der Waals surface area contributed by atoms with Crippen molar-refractivity contribution in [3.05, 3.63) is 12.3 Å². The molecule has 0 aromatic heterocycles. The number of carbonyl (C=O) groups is 2. The number of hydrogen-bond acceptors (Lipinski definition) is 3. The van der Waals surface area contributed by atoms with Crippen LogP contribution in [-0.4, -0.2) is 29.4 Å². The van der Waals surface area contributed by atoms with Crippen LogP contribution in [0.5, 0.6) is 0 Å². The molecule has 1 heterocycles. The van der Waals surface area contributed by atoms with E-state index in [1.54, 1.807) is 19.2 Å². The molecule has 1 rings (SSSR count). The highest BCUT2D eigenvalue weighted by atomic mass is 16.5. The Morgan fingerprint density at radius 2 is 2.31 bits per heavy atom. The second-order valence-corrected chi connectivity index (χ2v) is 2.81. The fourth-order valence-electron chi connectivity index (χ4n) is 1.29. The minimum Gasteiger partial charge on any atom is -0.464 e. The third-order valence-electron chi connectivity index (χ3n) is 1.88. The molecule has 0 spiro atoms. The summed E-state index contributed by atoms with van der Waals surface area (Å²) in [6.45, 7) is 3.53. The fourth-order valence-corrected chi connectivity index (χ4v) is 1.29. The van der Waals surface area contributed by atoms with E-state index in [0.717, 1.165) is 0 Å². The van der Waals surface area contributed by atoms with Gasteiger partial charge in [-0.2, -0.15) is 0 Å². The standard InChI is InChI=1S/C9H13NO3/c1-3-13-9(12)8-5-4-6-10(8)7(2)11/h4,6,8H,3,5H2,1-2H3/t8-/m1/s1. The molecule has 0 fully saturated rings. The maximum absolute atomic E-state index is 11.3. The lowest BCUT2D eigenvalue weighted by Gasteiger charge is -2.20. The van der Waals surface area contributed by atoms with Crippen molar-refractivity contribution in [2.45, 2.75) is 26.3 Å². The van der Waals surface area contributed by atoms with Crippen molar-refractivity contribution in [3.8, 4) is 0 Å².